The maximum absolute atomic E-state index is 11.0. The number of hydrogen-bond donors (Lipinski definition) is 0. The van der Waals surface area contributed by atoms with Crippen LogP contribution in [0.15, 0.2) is 53.7 Å². The van der Waals surface area contributed by atoms with Crippen molar-refractivity contribution in [3.05, 3.63) is 64.2 Å². The number of rotatable bonds is 6. The maximum atomic E-state index is 11.0. The Bertz CT molecular complexity index is 924. The molecule has 134 valence electrons. The van der Waals surface area contributed by atoms with Gasteiger partial charge in [-0.2, -0.15) is 0 Å². The molecule has 0 radical (unpaired) electrons. The maximum Gasteiger partial charge on any atom is 0.269 e. The number of aromatic nitrogens is 3. The van der Waals surface area contributed by atoms with Crippen LogP contribution in [0.3, 0.4) is 0 Å². The van der Waals surface area contributed by atoms with Gasteiger partial charge in [-0.05, 0) is 36.8 Å². The van der Waals surface area contributed by atoms with Crippen LogP contribution in [0.4, 0.5) is 5.69 Å². The minimum Gasteiger partial charge on any atom is -0.497 e. The summed E-state index contributed by atoms with van der Waals surface area (Å²) in [6.45, 7) is 1.99. The molecule has 3 rings (SSSR count). The van der Waals surface area contributed by atoms with Crippen molar-refractivity contribution in [3.63, 3.8) is 0 Å². The summed E-state index contributed by atoms with van der Waals surface area (Å²) in [5, 5.41) is 20.2. The highest BCUT2D eigenvalue weighted by atomic mass is 32.2. The minimum absolute atomic E-state index is 0.00140. The molecule has 8 heteroatoms. The summed E-state index contributed by atoms with van der Waals surface area (Å²) in [4.78, 5) is 10.6. The molecule has 0 aliphatic heterocycles. The average Bonchev–Trinajstić information content (AvgIpc) is 3.02. The summed E-state index contributed by atoms with van der Waals surface area (Å²) in [5.41, 5.74) is 1.90. The lowest BCUT2D eigenvalue weighted by atomic mass is 10.1. The molecule has 0 amide bonds. The van der Waals surface area contributed by atoms with E-state index in [2.05, 4.69) is 10.2 Å². The van der Waals surface area contributed by atoms with Gasteiger partial charge in [-0.1, -0.05) is 23.9 Å². The first kappa shape index (κ1) is 17.9. The van der Waals surface area contributed by atoms with E-state index in [1.165, 1.54) is 17.8 Å². The van der Waals surface area contributed by atoms with E-state index in [1.54, 1.807) is 19.2 Å². The SMILES string of the molecule is COc1ccc(-c2nnc(SC(C)c3cccc([N+](=O)[O-])c3)n2C)cc1. The fourth-order valence-corrected chi connectivity index (χ4v) is 3.46. The molecular weight excluding hydrogens is 352 g/mol. The van der Waals surface area contributed by atoms with E-state index in [9.17, 15) is 10.1 Å². The van der Waals surface area contributed by atoms with Crippen LogP contribution in [-0.2, 0) is 7.05 Å². The fraction of sp³-hybridized carbons (Fsp3) is 0.222. The molecule has 0 bridgehead atoms. The minimum atomic E-state index is -0.384. The lowest BCUT2D eigenvalue weighted by Crippen LogP contribution is -1.97. The standard InChI is InChI=1S/C18H18N4O3S/c1-12(14-5-4-6-15(11-14)22(23)24)26-18-20-19-17(21(18)2)13-7-9-16(25-3)10-8-13/h4-12H,1-3H3. The second-order valence-electron chi connectivity index (χ2n) is 5.71. The van der Waals surface area contributed by atoms with Gasteiger partial charge >= 0.3 is 0 Å². The van der Waals surface area contributed by atoms with Crippen molar-refractivity contribution in [2.45, 2.75) is 17.3 Å². The van der Waals surface area contributed by atoms with Gasteiger partial charge in [0.15, 0.2) is 11.0 Å². The van der Waals surface area contributed by atoms with Gasteiger partial charge in [-0.15, -0.1) is 10.2 Å². The van der Waals surface area contributed by atoms with Crippen LogP contribution in [0.25, 0.3) is 11.4 Å². The van der Waals surface area contributed by atoms with Gasteiger partial charge in [-0.25, -0.2) is 0 Å². The molecule has 0 N–H and O–H groups in total. The summed E-state index contributed by atoms with van der Waals surface area (Å²) in [6.07, 6.45) is 0. The molecule has 0 fully saturated rings. The first-order chi connectivity index (χ1) is 12.5. The monoisotopic (exact) mass is 370 g/mol. The molecule has 0 aliphatic carbocycles. The van der Waals surface area contributed by atoms with E-state index in [0.29, 0.717) is 0 Å². The van der Waals surface area contributed by atoms with Gasteiger partial charge in [0.2, 0.25) is 0 Å². The van der Waals surface area contributed by atoms with Crippen LogP contribution in [0.2, 0.25) is 0 Å². The molecule has 1 atom stereocenters. The van der Waals surface area contributed by atoms with E-state index in [0.717, 1.165) is 27.9 Å². The molecule has 2 aromatic carbocycles. The summed E-state index contributed by atoms with van der Waals surface area (Å²) in [6, 6.07) is 14.3. The van der Waals surface area contributed by atoms with Crippen molar-refractivity contribution >= 4 is 17.4 Å². The Balaban J connectivity index is 1.81. The highest BCUT2D eigenvalue weighted by Crippen LogP contribution is 2.36. The van der Waals surface area contributed by atoms with Gasteiger partial charge in [0.05, 0.1) is 12.0 Å². The molecule has 1 heterocycles. The zero-order chi connectivity index (χ0) is 18.7. The van der Waals surface area contributed by atoms with Crippen molar-refractivity contribution in [2.24, 2.45) is 7.05 Å². The van der Waals surface area contributed by atoms with Gasteiger partial charge in [0.1, 0.15) is 5.75 Å². The topological polar surface area (TPSA) is 83.1 Å². The largest absolute Gasteiger partial charge is 0.497 e. The summed E-state index contributed by atoms with van der Waals surface area (Å²) in [7, 11) is 3.53. The quantitative estimate of drug-likeness (QED) is 0.366. The van der Waals surface area contributed by atoms with Crippen molar-refractivity contribution < 1.29 is 9.66 Å². The van der Waals surface area contributed by atoms with Gasteiger partial charge in [0.25, 0.3) is 5.69 Å². The third-order valence-corrected chi connectivity index (χ3v) is 5.21. The molecule has 7 nitrogen and oxygen atoms in total. The van der Waals surface area contributed by atoms with Crippen molar-refractivity contribution in [2.75, 3.05) is 7.11 Å². The smallest absolute Gasteiger partial charge is 0.269 e. The lowest BCUT2D eigenvalue weighted by molar-refractivity contribution is -0.384. The van der Waals surface area contributed by atoms with E-state index < -0.39 is 0 Å². The Morgan fingerprint density at radius 2 is 1.92 bits per heavy atom. The highest BCUT2D eigenvalue weighted by Gasteiger charge is 2.17. The number of nitro benzene ring substituents is 1. The van der Waals surface area contributed by atoms with E-state index in [4.69, 9.17) is 4.74 Å². The predicted molar refractivity (Wildman–Crippen MR) is 100 cm³/mol. The van der Waals surface area contributed by atoms with E-state index in [1.807, 2.05) is 48.9 Å². The predicted octanol–water partition coefficient (Wildman–Crippen LogP) is 4.25. The number of nitrogens with zero attached hydrogens (tertiary/aromatic N) is 4. The molecule has 0 saturated carbocycles. The lowest BCUT2D eigenvalue weighted by Gasteiger charge is -2.11. The second-order valence-corrected chi connectivity index (χ2v) is 7.01. The Kier molecular flexibility index (Phi) is 5.22. The van der Waals surface area contributed by atoms with Crippen LogP contribution >= 0.6 is 11.8 Å². The molecule has 1 aromatic heterocycles. The number of hydrogen-bond acceptors (Lipinski definition) is 6. The molecule has 0 aliphatic rings. The van der Waals surface area contributed by atoms with Crippen LogP contribution in [-0.4, -0.2) is 26.8 Å². The third-order valence-electron chi connectivity index (χ3n) is 4.02. The first-order valence-electron chi connectivity index (χ1n) is 7.94. The Morgan fingerprint density at radius 1 is 1.19 bits per heavy atom. The summed E-state index contributed by atoms with van der Waals surface area (Å²) >= 11 is 1.51. The molecule has 1 unspecified atom stereocenters. The number of non-ortho nitro benzene ring substituents is 1. The number of nitro groups is 1. The van der Waals surface area contributed by atoms with Crippen LogP contribution in [0, 0.1) is 10.1 Å². The number of ether oxygens (including phenoxy) is 1. The van der Waals surface area contributed by atoms with Crippen LogP contribution in [0.1, 0.15) is 17.7 Å². The van der Waals surface area contributed by atoms with E-state index >= 15 is 0 Å². The third kappa shape index (κ3) is 3.70. The molecule has 0 saturated heterocycles. The van der Waals surface area contributed by atoms with Crippen molar-refractivity contribution in [3.8, 4) is 17.1 Å². The molecule has 26 heavy (non-hydrogen) atoms. The number of methoxy groups -OCH3 is 1. The second kappa shape index (κ2) is 7.57. The van der Waals surface area contributed by atoms with Gasteiger partial charge in [-0.3, -0.25) is 10.1 Å². The molecule has 3 aromatic rings. The Hall–Kier alpha value is -2.87. The van der Waals surface area contributed by atoms with E-state index in [-0.39, 0.29) is 15.9 Å². The highest BCUT2D eigenvalue weighted by molar-refractivity contribution is 7.99. The average molecular weight is 370 g/mol. The Labute approximate surface area is 155 Å². The summed E-state index contributed by atoms with van der Waals surface area (Å²) in [5.74, 6) is 1.53. The van der Waals surface area contributed by atoms with Gasteiger partial charge in [0, 0.05) is 30.0 Å². The molecular formula is C18H18N4O3S. The van der Waals surface area contributed by atoms with Crippen LogP contribution in [0.5, 0.6) is 5.75 Å². The number of benzene rings is 2. The normalized spacial score (nSPS) is 12.0. The zero-order valence-corrected chi connectivity index (χ0v) is 15.4. The van der Waals surface area contributed by atoms with Gasteiger partial charge < -0.3 is 9.30 Å². The Morgan fingerprint density at radius 3 is 2.58 bits per heavy atom. The van der Waals surface area contributed by atoms with Crippen molar-refractivity contribution in [1.82, 2.24) is 14.8 Å². The summed E-state index contributed by atoms with van der Waals surface area (Å²) < 4.78 is 7.09. The first-order valence-corrected chi connectivity index (χ1v) is 8.82. The fourth-order valence-electron chi connectivity index (χ4n) is 2.53. The van der Waals surface area contributed by atoms with Crippen LogP contribution < -0.4 is 4.74 Å². The van der Waals surface area contributed by atoms with Crippen molar-refractivity contribution in [1.29, 1.82) is 0 Å². The molecule has 0 spiro atoms. The zero-order valence-electron chi connectivity index (χ0n) is 14.6. The number of thioether (sulfide) groups is 1.